The van der Waals surface area contributed by atoms with Crippen LogP contribution in [0, 0.1) is 5.82 Å². The van der Waals surface area contributed by atoms with E-state index in [2.05, 4.69) is 10.3 Å². The molecule has 2 rings (SSSR count). The first-order chi connectivity index (χ1) is 8.02. The van der Waals surface area contributed by atoms with E-state index in [0.717, 1.165) is 6.07 Å². The molecule has 1 aromatic heterocycles. The van der Waals surface area contributed by atoms with Crippen LogP contribution in [0.25, 0.3) is 10.9 Å². The Labute approximate surface area is 94.9 Å². The van der Waals surface area contributed by atoms with Gasteiger partial charge in [0, 0.05) is 12.4 Å². The van der Waals surface area contributed by atoms with E-state index in [0.29, 0.717) is 16.6 Å². The molecular formula is C11H9FN2O3. The number of carboxylic acids is 1. The molecule has 88 valence electrons. The Morgan fingerprint density at radius 1 is 1.41 bits per heavy atom. The van der Waals surface area contributed by atoms with Crippen molar-refractivity contribution in [2.75, 3.05) is 12.4 Å². The molecule has 0 aliphatic rings. The highest BCUT2D eigenvalue weighted by atomic mass is 19.1. The number of hydrogen-bond acceptors (Lipinski definition) is 3. The second-order valence-corrected chi connectivity index (χ2v) is 3.48. The van der Waals surface area contributed by atoms with E-state index in [9.17, 15) is 14.0 Å². The third-order valence-electron chi connectivity index (χ3n) is 2.42. The molecule has 0 saturated heterocycles. The molecule has 2 aromatic rings. The van der Waals surface area contributed by atoms with Crippen molar-refractivity contribution >= 4 is 22.6 Å². The molecule has 1 aromatic carbocycles. The number of carboxylic acid groups (broad SMARTS) is 1. The average Bonchev–Trinajstić information content (AvgIpc) is 2.27. The van der Waals surface area contributed by atoms with E-state index in [1.807, 2.05) is 0 Å². The van der Waals surface area contributed by atoms with Crippen molar-refractivity contribution < 1.29 is 14.3 Å². The van der Waals surface area contributed by atoms with Crippen LogP contribution in [0.15, 0.2) is 23.0 Å². The molecule has 0 spiro atoms. The maximum atomic E-state index is 13.2. The fourth-order valence-electron chi connectivity index (χ4n) is 1.64. The Balaban J connectivity index is 2.87. The number of rotatable bonds is 2. The predicted molar refractivity (Wildman–Crippen MR) is 61.0 cm³/mol. The van der Waals surface area contributed by atoms with Gasteiger partial charge in [0.1, 0.15) is 11.4 Å². The lowest BCUT2D eigenvalue weighted by Crippen LogP contribution is -2.17. The maximum Gasteiger partial charge on any atom is 0.341 e. The van der Waals surface area contributed by atoms with Gasteiger partial charge in [-0.15, -0.1) is 0 Å². The Bertz CT molecular complexity index is 664. The molecule has 0 bridgehead atoms. The van der Waals surface area contributed by atoms with E-state index in [4.69, 9.17) is 5.11 Å². The minimum Gasteiger partial charge on any atom is -0.477 e. The van der Waals surface area contributed by atoms with E-state index in [-0.39, 0.29) is 0 Å². The lowest BCUT2D eigenvalue weighted by molar-refractivity contribution is 0.0695. The first-order valence-corrected chi connectivity index (χ1v) is 4.80. The third-order valence-corrected chi connectivity index (χ3v) is 2.42. The smallest absolute Gasteiger partial charge is 0.341 e. The van der Waals surface area contributed by atoms with Crippen LogP contribution in [0.3, 0.4) is 0 Å². The number of aromatic nitrogens is 1. The van der Waals surface area contributed by atoms with Gasteiger partial charge in [0.2, 0.25) is 0 Å². The fraction of sp³-hybridized carbons (Fsp3) is 0.0909. The molecule has 0 radical (unpaired) electrons. The topological polar surface area (TPSA) is 82.2 Å². The highest BCUT2D eigenvalue weighted by molar-refractivity contribution is 5.96. The SMILES string of the molecule is CNc1cc(F)cc2cc(C(=O)O)c(=O)[nH]c12. The van der Waals surface area contributed by atoms with Crippen molar-refractivity contribution in [3.8, 4) is 0 Å². The zero-order valence-electron chi connectivity index (χ0n) is 8.87. The van der Waals surface area contributed by atoms with Crippen LogP contribution in [-0.4, -0.2) is 23.1 Å². The molecule has 1 heterocycles. The number of nitrogens with one attached hydrogen (secondary N) is 2. The first-order valence-electron chi connectivity index (χ1n) is 4.80. The van der Waals surface area contributed by atoms with Gasteiger partial charge in [0.25, 0.3) is 5.56 Å². The molecule has 0 amide bonds. The number of carbonyl (C=O) groups is 1. The number of aromatic carboxylic acids is 1. The third kappa shape index (κ3) is 1.84. The Morgan fingerprint density at radius 3 is 2.71 bits per heavy atom. The zero-order chi connectivity index (χ0) is 12.6. The molecule has 0 aliphatic carbocycles. The minimum absolute atomic E-state index is 0.325. The Hall–Kier alpha value is -2.37. The summed E-state index contributed by atoms with van der Waals surface area (Å²) >= 11 is 0. The molecule has 17 heavy (non-hydrogen) atoms. The monoisotopic (exact) mass is 236 g/mol. The van der Waals surface area contributed by atoms with Crippen molar-refractivity contribution in [1.29, 1.82) is 0 Å². The number of fused-ring (bicyclic) bond motifs is 1. The van der Waals surface area contributed by atoms with Crippen LogP contribution < -0.4 is 10.9 Å². The van der Waals surface area contributed by atoms with Crippen molar-refractivity contribution in [3.63, 3.8) is 0 Å². The summed E-state index contributed by atoms with van der Waals surface area (Å²) in [7, 11) is 1.58. The Kier molecular flexibility index (Phi) is 2.55. The van der Waals surface area contributed by atoms with Crippen LogP contribution in [0.5, 0.6) is 0 Å². The van der Waals surface area contributed by atoms with Crippen molar-refractivity contribution in [3.05, 3.63) is 39.9 Å². The van der Waals surface area contributed by atoms with Gasteiger partial charge in [-0.2, -0.15) is 0 Å². The molecule has 0 unspecified atom stereocenters. The largest absolute Gasteiger partial charge is 0.477 e. The number of halogens is 1. The summed E-state index contributed by atoms with van der Waals surface area (Å²) < 4.78 is 13.2. The number of H-pyrrole nitrogens is 1. The van der Waals surface area contributed by atoms with Crippen LogP contribution in [-0.2, 0) is 0 Å². The molecule has 0 saturated carbocycles. The number of aromatic amines is 1. The van der Waals surface area contributed by atoms with Crippen LogP contribution in [0.1, 0.15) is 10.4 Å². The second kappa shape index (κ2) is 3.89. The van der Waals surface area contributed by atoms with Gasteiger partial charge in [-0.25, -0.2) is 9.18 Å². The molecule has 0 aliphatic heterocycles. The summed E-state index contributed by atoms with van der Waals surface area (Å²) in [6, 6.07) is 3.54. The summed E-state index contributed by atoms with van der Waals surface area (Å²) in [5.41, 5.74) is -0.351. The first kappa shape index (κ1) is 11.1. The molecule has 0 fully saturated rings. The number of pyridine rings is 1. The maximum absolute atomic E-state index is 13.2. The summed E-state index contributed by atoms with van der Waals surface area (Å²) in [4.78, 5) is 24.7. The van der Waals surface area contributed by atoms with Gasteiger partial charge in [-0.3, -0.25) is 4.79 Å². The summed E-state index contributed by atoms with van der Waals surface area (Å²) in [5.74, 6) is -1.85. The van der Waals surface area contributed by atoms with Gasteiger partial charge >= 0.3 is 5.97 Å². The van der Waals surface area contributed by atoms with Crippen molar-refractivity contribution in [1.82, 2.24) is 4.98 Å². The van der Waals surface area contributed by atoms with Gasteiger partial charge in [-0.1, -0.05) is 0 Å². The second-order valence-electron chi connectivity index (χ2n) is 3.48. The summed E-state index contributed by atoms with van der Waals surface area (Å²) in [5, 5.41) is 11.8. The predicted octanol–water partition coefficient (Wildman–Crippen LogP) is 1.41. The van der Waals surface area contributed by atoms with Crippen LogP contribution >= 0.6 is 0 Å². The van der Waals surface area contributed by atoms with Gasteiger partial charge in [0.05, 0.1) is 11.2 Å². The van der Waals surface area contributed by atoms with Crippen LogP contribution in [0.4, 0.5) is 10.1 Å². The number of benzene rings is 1. The number of hydrogen-bond donors (Lipinski definition) is 3. The summed E-state index contributed by atoms with van der Waals surface area (Å²) in [6.07, 6.45) is 0. The van der Waals surface area contributed by atoms with Gasteiger partial charge in [0.15, 0.2) is 0 Å². The average molecular weight is 236 g/mol. The van der Waals surface area contributed by atoms with Gasteiger partial charge in [-0.05, 0) is 18.2 Å². The molecule has 0 atom stereocenters. The van der Waals surface area contributed by atoms with E-state index in [1.165, 1.54) is 12.1 Å². The molecule has 6 heteroatoms. The Morgan fingerprint density at radius 2 is 2.12 bits per heavy atom. The quantitative estimate of drug-likeness (QED) is 0.736. The summed E-state index contributed by atoms with van der Waals surface area (Å²) in [6.45, 7) is 0. The lowest BCUT2D eigenvalue weighted by Gasteiger charge is -2.06. The van der Waals surface area contributed by atoms with E-state index < -0.39 is 22.9 Å². The van der Waals surface area contributed by atoms with Gasteiger partial charge < -0.3 is 15.4 Å². The molecule has 5 nitrogen and oxygen atoms in total. The fourth-order valence-corrected chi connectivity index (χ4v) is 1.64. The number of anilines is 1. The zero-order valence-corrected chi connectivity index (χ0v) is 8.87. The lowest BCUT2D eigenvalue weighted by atomic mass is 10.1. The standard InChI is InChI=1S/C11H9FN2O3/c1-13-8-4-6(12)2-5-3-7(11(16)17)10(15)14-9(5)8/h2-4,13H,1H3,(H,14,15)(H,16,17). The highest BCUT2D eigenvalue weighted by Gasteiger charge is 2.12. The van der Waals surface area contributed by atoms with E-state index >= 15 is 0 Å². The van der Waals surface area contributed by atoms with Crippen molar-refractivity contribution in [2.24, 2.45) is 0 Å². The van der Waals surface area contributed by atoms with Crippen molar-refractivity contribution in [2.45, 2.75) is 0 Å². The molecular weight excluding hydrogens is 227 g/mol. The highest BCUT2D eigenvalue weighted by Crippen LogP contribution is 2.22. The van der Waals surface area contributed by atoms with E-state index in [1.54, 1.807) is 7.05 Å². The molecule has 3 N–H and O–H groups in total. The minimum atomic E-state index is -1.34. The van der Waals surface area contributed by atoms with Crippen LogP contribution in [0.2, 0.25) is 0 Å². The normalized spacial score (nSPS) is 10.5.